The number of nitrogens with zero attached hydrogens (tertiary/aromatic N) is 2. The molecule has 0 fully saturated rings. The van der Waals surface area contributed by atoms with Crippen LogP contribution in [-0.2, 0) is 11.3 Å². The molecule has 2 aromatic heterocycles. The van der Waals surface area contributed by atoms with E-state index >= 15 is 0 Å². The molecule has 0 saturated carbocycles. The van der Waals surface area contributed by atoms with Crippen molar-refractivity contribution < 1.29 is 4.79 Å². The number of nitrogens with one attached hydrogen (secondary N) is 1. The molecule has 0 radical (unpaired) electrons. The number of rotatable bonds is 4. The number of anilines is 1. The van der Waals surface area contributed by atoms with Gasteiger partial charge >= 0.3 is 0 Å². The number of benzene rings is 2. The van der Waals surface area contributed by atoms with Crippen LogP contribution in [0.4, 0.5) is 5.69 Å². The molecule has 4 nitrogen and oxygen atoms in total. The van der Waals surface area contributed by atoms with Crippen LogP contribution in [0.25, 0.3) is 21.8 Å². The van der Waals surface area contributed by atoms with Gasteiger partial charge in [-0.2, -0.15) is 0 Å². The molecule has 0 unspecified atom stereocenters. The molecule has 2 aromatic carbocycles. The van der Waals surface area contributed by atoms with Crippen molar-refractivity contribution >= 4 is 33.4 Å². The molecule has 118 valence electrons. The maximum Gasteiger partial charge on any atom is 0.226 e. The van der Waals surface area contributed by atoms with Gasteiger partial charge in [0, 0.05) is 36.3 Å². The van der Waals surface area contributed by atoms with Gasteiger partial charge in [0.25, 0.3) is 0 Å². The Balaban J connectivity index is 1.48. The molecule has 4 aromatic rings. The van der Waals surface area contributed by atoms with E-state index in [0.29, 0.717) is 13.0 Å². The molecule has 24 heavy (non-hydrogen) atoms. The predicted molar refractivity (Wildman–Crippen MR) is 96.9 cm³/mol. The van der Waals surface area contributed by atoms with Crippen LogP contribution in [0.3, 0.4) is 0 Å². The van der Waals surface area contributed by atoms with Gasteiger partial charge in [-0.3, -0.25) is 9.78 Å². The fourth-order valence-corrected chi connectivity index (χ4v) is 2.98. The summed E-state index contributed by atoms with van der Waals surface area (Å²) in [6.45, 7) is 0.650. The molecule has 0 atom stereocenters. The van der Waals surface area contributed by atoms with E-state index in [2.05, 4.69) is 33.1 Å². The molecule has 0 aliphatic carbocycles. The molecule has 1 amide bonds. The van der Waals surface area contributed by atoms with Crippen LogP contribution < -0.4 is 5.32 Å². The largest absolute Gasteiger partial charge is 0.347 e. The van der Waals surface area contributed by atoms with E-state index in [-0.39, 0.29) is 5.91 Å². The minimum Gasteiger partial charge on any atom is -0.347 e. The summed E-state index contributed by atoms with van der Waals surface area (Å²) in [5.41, 5.74) is 2.73. The lowest BCUT2D eigenvalue weighted by Gasteiger charge is -2.09. The van der Waals surface area contributed by atoms with Crippen molar-refractivity contribution in [2.24, 2.45) is 0 Å². The molecule has 0 saturated heterocycles. The number of para-hydroxylation sites is 2. The van der Waals surface area contributed by atoms with Gasteiger partial charge in [-0.15, -0.1) is 0 Å². The lowest BCUT2D eigenvalue weighted by molar-refractivity contribution is -0.116. The Hall–Kier alpha value is -3.14. The van der Waals surface area contributed by atoms with Crippen LogP contribution in [0.15, 0.2) is 73.1 Å². The minimum absolute atomic E-state index is 0.00839. The summed E-state index contributed by atoms with van der Waals surface area (Å²) in [6.07, 6.45) is 4.18. The highest BCUT2D eigenvalue weighted by Gasteiger charge is 2.08. The number of carbonyl (C=O) groups excluding carboxylic acids is 1. The Morgan fingerprint density at radius 3 is 2.75 bits per heavy atom. The van der Waals surface area contributed by atoms with E-state index in [1.54, 1.807) is 6.20 Å². The summed E-state index contributed by atoms with van der Waals surface area (Å²) >= 11 is 0. The van der Waals surface area contributed by atoms with E-state index in [1.807, 2.05) is 48.7 Å². The van der Waals surface area contributed by atoms with Gasteiger partial charge in [-0.05, 0) is 29.7 Å². The normalized spacial score (nSPS) is 11.0. The smallest absolute Gasteiger partial charge is 0.226 e. The van der Waals surface area contributed by atoms with E-state index in [1.165, 1.54) is 5.39 Å². The number of hydrogen-bond acceptors (Lipinski definition) is 2. The number of fused-ring (bicyclic) bond motifs is 2. The Morgan fingerprint density at radius 1 is 0.958 bits per heavy atom. The van der Waals surface area contributed by atoms with Gasteiger partial charge in [-0.25, -0.2) is 0 Å². The van der Waals surface area contributed by atoms with Gasteiger partial charge in [0.2, 0.25) is 5.91 Å². The van der Waals surface area contributed by atoms with Gasteiger partial charge in [0.15, 0.2) is 0 Å². The Morgan fingerprint density at radius 2 is 1.79 bits per heavy atom. The van der Waals surface area contributed by atoms with Crippen LogP contribution >= 0.6 is 0 Å². The zero-order chi connectivity index (χ0) is 16.4. The monoisotopic (exact) mass is 315 g/mol. The summed E-state index contributed by atoms with van der Waals surface area (Å²) in [5.74, 6) is -0.00839. The molecule has 4 rings (SSSR count). The van der Waals surface area contributed by atoms with E-state index in [4.69, 9.17) is 0 Å². The summed E-state index contributed by atoms with van der Waals surface area (Å²) in [4.78, 5) is 16.7. The van der Waals surface area contributed by atoms with Crippen molar-refractivity contribution in [2.75, 3.05) is 5.32 Å². The van der Waals surface area contributed by atoms with E-state index in [9.17, 15) is 4.79 Å². The summed E-state index contributed by atoms with van der Waals surface area (Å²) in [5, 5.41) is 5.19. The molecule has 0 bridgehead atoms. The average Bonchev–Trinajstić information content (AvgIpc) is 3.04. The first-order chi connectivity index (χ1) is 11.8. The highest BCUT2D eigenvalue weighted by molar-refractivity contribution is 6.00. The molecule has 1 N–H and O–H groups in total. The first-order valence-electron chi connectivity index (χ1n) is 7.99. The average molecular weight is 315 g/mol. The van der Waals surface area contributed by atoms with Crippen molar-refractivity contribution in [1.29, 1.82) is 0 Å². The van der Waals surface area contributed by atoms with E-state index < -0.39 is 0 Å². The zero-order valence-corrected chi connectivity index (χ0v) is 13.1. The van der Waals surface area contributed by atoms with E-state index in [0.717, 1.165) is 22.1 Å². The number of pyridine rings is 1. The van der Waals surface area contributed by atoms with Crippen molar-refractivity contribution in [3.8, 4) is 0 Å². The number of aryl methyl sites for hydroxylation is 1. The van der Waals surface area contributed by atoms with Crippen LogP contribution in [-0.4, -0.2) is 15.5 Å². The Bertz CT molecular complexity index is 1010. The number of aromatic nitrogens is 2. The van der Waals surface area contributed by atoms with Crippen LogP contribution in [0.2, 0.25) is 0 Å². The Labute approximate surface area is 139 Å². The first kappa shape index (κ1) is 14.5. The molecule has 2 heterocycles. The molecule has 0 aliphatic rings. The number of carbonyl (C=O) groups is 1. The van der Waals surface area contributed by atoms with Gasteiger partial charge < -0.3 is 9.88 Å². The lowest BCUT2D eigenvalue weighted by atomic mass is 10.2. The fourth-order valence-electron chi connectivity index (χ4n) is 2.98. The third-order valence-corrected chi connectivity index (χ3v) is 4.17. The van der Waals surface area contributed by atoms with Crippen LogP contribution in [0.5, 0.6) is 0 Å². The second-order valence-electron chi connectivity index (χ2n) is 5.75. The maximum atomic E-state index is 12.3. The van der Waals surface area contributed by atoms with Crippen LogP contribution in [0, 0.1) is 0 Å². The second kappa shape index (κ2) is 6.16. The summed E-state index contributed by atoms with van der Waals surface area (Å²) in [7, 11) is 0. The SMILES string of the molecule is O=C(CCn1ccc2ccccc21)Nc1cccc2cccnc12. The lowest BCUT2D eigenvalue weighted by Crippen LogP contribution is -2.14. The third kappa shape index (κ3) is 2.74. The summed E-state index contributed by atoms with van der Waals surface area (Å²) < 4.78 is 2.11. The van der Waals surface area contributed by atoms with Crippen molar-refractivity contribution in [3.05, 3.63) is 73.1 Å². The van der Waals surface area contributed by atoms with Gasteiger partial charge in [0.1, 0.15) is 0 Å². The quantitative estimate of drug-likeness (QED) is 0.613. The Kier molecular flexibility index (Phi) is 3.71. The fraction of sp³-hybridized carbons (Fsp3) is 0.100. The molecular formula is C20H17N3O. The second-order valence-corrected chi connectivity index (χ2v) is 5.75. The predicted octanol–water partition coefficient (Wildman–Crippen LogP) is 4.22. The standard InChI is InChI=1S/C20H17N3O/c24-19(11-14-23-13-10-15-5-1-2-9-18(15)23)22-17-8-3-6-16-7-4-12-21-20(16)17/h1-10,12-13H,11,14H2,(H,22,24). The van der Waals surface area contributed by atoms with Crippen LogP contribution in [0.1, 0.15) is 6.42 Å². The molecular weight excluding hydrogens is 298 g/mol. The molecule has 0 aliphatic heterocycles. The minimum atomic E-state index is -0.00839. The third-order valence-electron chi connectivity index (χ3n) is 4.17. The van der Waals surface area contributed by atoms with Crippen molar-refractivity contribution in [1.82, 2.24) is 9.55 Å². The first-order valence-corrected chi connectivity index (χ1v) is 7.99. The molecule has 0 spiro atoms. The van der Waals surface area contributed by atoms with Crippen molar-refractivity contribution in [2.45, 2.75) is 13.0 Å². The highest BCUT2D eigenvalue weighted by atomic mass is 16.1. The number of amides is 1. The number of hydrogen-bond donors (Lipinski definition) is 1. The van der Waals surface area contributed by atoms with Gasteiger partial charge in [0.05, 0.1) is 11.2 Å². The topological polar surface area (TPSA) is 46.9 Å². The summed E-state index contributed by atoms with van der Waals surface area (Å²) in [6, 6.07) is 19.9. The zero-order valence-electron chi connectivity index (χ0n) is 13.1. The maximum absolute atomic E-state index is 12.3. The van der Waals surface area contributed by atoms with Gasteiger partial charge in [-0.1, -0.05) is 36.4 Å². The molecule has 4 heteroatoms. The van der Waals surface area contributed by atoms with Crippen molar-refractivity contribution in [3.63, 3.8) is 0 Å². The highest BCUT2D eigenvalue weighted by Crippen LogP contribution is 2.21.